The molecule has 114 valence electrons. The van der Waals surface area contributed by atoms with Crippen LogP contribution in [0.4, 0.5) is 8.78 Å². The molecule has 0 aliphatic rings. The lowest BCUT2D eigenvalue weighted by atomic mass is 10.0. The maximum Gasteiger partial charge on any atom is 0.265 e. The molecule has 0 bridgehead atoms. The van der Waals surface area contributed by atoms with E-state index in [-0.39, 0.29) is 5.56 Å². The molecule has 0 unspecified atom stereocenters. The Balaban J connectivity index is 2.24. The van der Waals surface area contributed by atoms with Crippen molar-refractivity contribution < 1.29 is 8.78 Å². The molecule has 0 aliphatic carbocycles. The number of halogens is 2. The fourth-order valence-corrected chi connectivity index (χ4v) is 2.97. The Morgan fingerprint density at radius 3 is 2.77 bits per heavy atom. The van der Waals surface area contributed by atoms with Crippen molar-refractivity contribution >= 4 is 23.8 Å². The number of pyridine rings is 1. The van der Waals surface area contributed by atoms with E-state index in [2.05, 4.69) is 22.6 Å². The van der Waals surface area contributed by atoms with E-state index in [1.807, 2.05) is 36.7 Å². The number of alkyl halides is 2. The number of nitrogens with zero attached hydrogens (tertiary/aromatic N) is 3. The Kier molecular flexibility index (Phi) is 3.87. The summed E-state index contributed by atoms with van der Waals surface area (Å²) in [6.45, 7) is 2.05. The van der Waals surface area contributed by atoms with Crippen LogP contribution < -0.4 is 0 Å². The van der Waals surface area contributed by atoms with E-state index < -0.39 is 6.43 Å². The van der Waals surface area contributed by atoms with Crippen LogP contribution in [0.5, 0.6) is 0 Å². The van der Waals surface area contributed by atoms with E-state index >= 15 is 0 Å². The van der Waals surface area contributed by atoms with Gasteiger partial charge in [-0.15, -0.1) is 12.6 Å². The molecule has 1 aromatic carbocycles. The van der Waals surface area contributed by atoms with Gasteiger partial charge in [0.05, 0.1) is 0 Å². The van der Waals surface area contributed by atoms with Gasteiger partial charge in [-0.2, -0.15) is 0 Å². The summed E-state index contributed by atoms with van der Waals surface area (Å²) in [4.78, 5) is 9.53. The molecule has 0 saturated heterocycles. The summed E-state index contributed by atoms with van der Waals surface area (Å²) in [5.41, 5.74) is 2.98. The maximum atomic E-state index is 12.8. The summed E-state index contributed by atoms with van der Waals surface area (Å²) in [7, 11) is 1.84. The number of aryl methyl sites for hydroxylation is 1. The van der Waals surface area contributed by atoms with Crippen LogP contribution in [0.2, 0.25) is 0 Å². The van der Waals surface area contributed by atoms with Crippen molar-refractivity contribution in [3.8, 4) is 11.4 Å². The molecule has 3 nitrogen and oxygen atoms in total. The Labute approximate surface area is 132 Å². The highest BCUT2D eigenvalue weighted by Crippen LogP contribution is 2.30. The largest absolute Gasteiger partial charge is 0.312 e. The highest BCUT2D eigenvalue weighted by molar-refractivity contribution is 7.80. The first-order chi connectivity index (χ1) is 10.5. The third-order valence-corrected chi connectivity index (χ3v) is 4.15. The highest BCUT2D eigenvalue weighted by atomic mass is 32.1. The zero-order valence-electron chi connectivity index (χ0n) is 12.2. The second-order valence-electron chi connectivity index (χ2n) is 5.06. The molecule has 2 heterocycles. The van der Waals surface area contributed by atoms with Gasteiger partial charge >= 0.3 is 0 Å². The highest BCUT2D eigenvalue weighted by Gasteiger charge is 2.17. The van der Waals surface area contributed by atoms with E-state index in [9.17, 15) is 8.78 Å². The van der Waals surface area contributed by atoms with Gasteiger partial charge < -0.3 is 4.57 Å². The molecule has 0 atom stereocenters. The smallest absolute Gasteiger partial charge is 0.265 e. The second kappa shape index (κ2) is 5.68. The normalized spacial score (nSPS) is 11.5. The van der Waals surface area contributed by atoms with E-state index in [0.717, 1.165) is 22.4 Å². The van der Waals surface area contributed by atoms with Crippen molar-refractivity contribution in [3.63, 3.8) is 0 Å². The Hall–Kier alpha value is -1.95. The average molecular weight is 319 g/mol. The molecule has 0 radical (unpaired) electrons. The predicted octanol–water partition coefficient (Wildman–Crippen LogP) is 4.42. The van der Waals surface area contributed by atoms with Gasteiger partial charge in [-0.1, -0.05) is 19.1 Å². The molecule has 6 heteroatoms. The summed E-state index contributed by atoms with van der Waals surface area (Å²) in [5, 5.41) is 0. The zero-order valence-corrected chi connectivity index (χ0v) is 13.1. The number of imidazole rings is 1. The van der Waals surface area contributed by atoms with Crippen molar-refractivity contribution in [2.24, 2.45) is 7.05 Å². The molecule has 0 spiro atoms. The lowest BCUT2D eigenvalue weighted by molar-refractivity contribution is 0.151. The molecule has 2 aromatic heterocycles. The van der Waals surface area contributed by atoms with E-state index in [4.69, 9.17) is 0 Å². The number of aromatic nitrogens is 3. The summed E-state index contributed by atoms with van der Waals surface area (Å²) < 4.78 is 27.5. The third kappa shape index (κ3) is 2.37. The average Bonchev–Trinajstić information content (AvgIpc) is 2.83. The van der Waals surface area contributed by atoms with Crippen molar-refractivity contribution in [2.75, 3.05) is 0 Å². The second-order valence-corrected chi connectivity index (χ2v) is 5.55. The van der Waals surface area contributed by atoms with Crippen LogP contribution in [0.25, 0.3) is 22.6 Å². The quantitative estimate of drug-likeness (QED) is 0.724. The van der Waals surface area contributed by atoms with E-state index in [1.165, 1.54) is 12.3 Å². The molecular formula is C16H15F2N3S. The van der Waals surface area contributed by atoms with Crippen LogP contribution in [-0.2, 0) is 13.5 Å². The van der Waals surface area contributed by atoms with Gasteiger partial charge in [-0.05, 0) is 24.1 Å². The van der Waals surface area contributed by atoms with Gasteiger partial charge in [0.25, 0.3) is 6.43 Å². The van der Waals surface area contributed by atoms with Crippen LogP contribution in [0.15, 0.2) is 35.4 Å². The number of hydrogen-bond acceptors (Lipinski definition) is 3. The third-order valence-electron chi connectivity index (χ3n) is 3.73. The summed E-state index contributed by atoms with van der Waals surface area (Å²) >= 11 is 4.49. The van der Waals surface area contributed by atoms with Gasteiger partial charge in [0.2, 0.25) is 0 Å². The van der Waals surface area contributed by atoms with Crippen LogP contribution in [0.1, 0.15) is 24.5 Å². The molecule has 22 heavy (non-hydrogen) atoms. The Morgan fingerprint density at radius 1 is 1.32 bits per heavy atom. The van der Waals surface area contributed by atoms with Crippen molar-refractivity contribution in [1.29, 1.82) is 0 Å². The molecule has 3 rings (SSSR count). The number of hydrogen-bond donors (Lipinski definition) is 1. The summed E-state index contributed by atoms with van der Waals surface area (Å²) in [6, 6.07) is 7.20. The number of fused-ring (bicyclic) bond motifs is 1. The lowest BCUT2D eigenvalue weighted by Gasteiger charge is -2.10. The standard InChI is InChI=1S/C16H15F2N3S/c1-3-10-11(5-4-6-13(10)22)15-20-12-7-9(14(17)18)8-19-16(12)21(15)2/h4-8,14,22H,3H2,1-2H3. The number of rotatable bonds is 3. The van der Waals surface area contributed by atoms with Gasteiger partial charge in [0, 0.05) is 29.3 Å². The Bertz CT molecular complexity index is 843. The first-order valence-corrected chi connectivity index (χ1v) is 7.39. The molecule has 0 fully saturated rings. The topological polar surface area (TPSA) is 30.7 Å². The number of benzene rings is 1. The predicted molar refractivity (Wildman–Crippen MR) is 85.5 cm³/mol. The molecule has 0 aliphatic heterocycles. The van der Waals surface area contributed by atoms with E-state index in [0.29, 0.717) is 17.0 Å². The SMILES string of the molecule is CCc1c(S)cccc1-c1nc2cc(C(F)F)cnc2n1C. The van der Waals surface area contributed by atoms with Crippen LogP contribution in [0, 0.1) is 0 Å². The zero-order chi connectivity index (χ0) is 15.9. The molecule has 3 aromatic rings. The minimum absolute atomic E-state index is 0.115. The lowest BCUT2D eigenvalue weighted by Crippen LogP contribution is -1.98. The minimum Gasteiger partial charge on any atom is -0.312 e. The van der Waals surface area contributed by atoms with Gasteiger partial charge in [0.15, 0.2) is 5.65 Å². The molecular weight excluding hydrogens is 304 g/mol. The fourth-order valence-electron chi connectivity index (χ4n) is 2.61. The monoisotopic (exact) mass is 319 g/mol. The Morgan fingerprint density at radius 2 is 2.09 bits per heavy atom. The van der Waals surface area contributed by atoms with Crippen LogP contribution >= 0.6 is 12.6 Å². The first-order valence-electron chi connectivity index (χ1n) is 6.94. The maximum absolute atomic E-state index is 12.8. The van der Waals surface area contributed by atoms with Crippen LogP contribution in [-0.4, -0.2) is 14.5 Å². The van der Waals surface area contributed by atoms with Crippen molar-refractivity contribution in [3.05, 3.63) is 41.6 Å². The first kappa shape index (κ1) is 15.0. The molecule has 0 N–H and O–H groups in total. The van der Waals surface area contributed by atoms with Gasteiger partial charge in [-0.25, -0.2) is 18.7 Å². The number of thiol groups is 1. The fraction of sp³-hybridized carbons (Fsp3) is 0.250. The van der Waals surface area contributed by atoms with Gasteiger partial charge in [0.1, 0.15) is 11.3 Å². The van der Waals surface area contributed by atoms with Crippen molar-refractivity contribution in [1.82, 2.24) is 14.5 Å². The van der Waals surface area contributed by atoms with E-state index in [1.54, 1.807) is 0 Å². The molecule has 0 amide bonds. The van der Waals surface area contributed by atoms with Gasteiger partial charge in [-0.3, -0.25) is 0 Å². The minimum atomic E-state index is -2.55. The summed E-state index contributed by atoms with van der Waals surface area (Å²) in [5.74, 6) is 0.710. The van der Waals surface area contributed by atoms with Crippen molar-refractivity contribution in [2.45, 2.75) is 24.7 Å². The molecule has 0 saturated carbocycles. The van der Waals surface area contributed by atoms with Crippen LogP contribution in [0.3, 0.4) is 0 Å². The summed E-state index contributed by atoms with van der Waals surface area (Å²) in [6.07, 6.45) is -0.531.